The highest BCUT2D eigenvalue weighted by Crippen LogP contribution is 2.29. The van der Waals surface area contributed by atoms with Gasteiger partial charge < -0.3 is 0 Å². The van der Waals surface area contributed by atoms with Crippen LogP contribution in [0.5, 0.6) is 0 Å². The van der Waals surface area contributed by atoms with Crippen LogP contribution in [-0.2, 0) is 6.42 Å². The Morgan fingerprint density at radius 1 is 1.25 bits per heavy atom. The van der Waals surface area contributed by atoms with Gasteiger partial charge in [0.15, 0.2) is 0 Å². The zero-order valence-corrected chi connectivity index (χ0v) is 13.4. The molecule has 0 amide bonds. The summed E-state index contributed by atoms with van der Waals surface area (Å²) in [5.74, 6) is 5.16. The maximum Gasteiger partial charge on any atom is 0.142 e. The predicted molar refractivity (Wildman–Crippen MR) is 84.3 cm³/mol. The van der Waals surface area contributed by atoms with Crippen LogP contribution in [-0.4, -0.2) is 0 Å². The molecule has 20 heavy (non-hydrogen) atoms. The molecular weight excluding hydrogens is 366 g/mol. The van der Waals surface area contributed by atoms with Gasteiger partial charge in [0.1, 0.15) is 5.82 Å². The zero-order valence-electron chi connectivity index (χ0n) is 10.3. The first-order chi connectivity index (χ1) is 9.52. The molecule has 0 aromatic heterocycles. The van der Waals surface area contributed by atoms with Gasteiger partial charge in [-0.15, -0.1) is 0 Å². The van der Waals surface area contributed by atoms with E-state index in [9.17, 15) is 4.39 Å². The maximum atomic E-state index is 13.4. The molecule has 0 spiro atoms. The SMILES string of the molecule is NNC(Cc1cccc(F)c1Cl)c1ccc(Cl)c(Br)c1. The molecule has 0 bridgehead atoms. The predicted octanol–water partition coefficient (Wildman–Crippen LogP) is 4.64. The minimum absolute atomic E-state index is 0.126. The van der Waals surface area contributed by atoms with Crippen LogP contribution >= 0.6 is 39.1 Å². The number of nitrogens with one attached hydrogen (secondary N) is 1. The topological polar surface area (TPSA) is 38.0 Å². The van der Waals surface area contributed by atoms with Gasteiger partial charge in [0, 0.05) is 4.47 Å². The molecule has 3 N–H and O–H groups in total. The van der Waals surface area contributed by atoms with Crippen molar-refractivity contribution in [2.24, 2.45) is 5.84 Å². The van der Waals surface area contributed by atoms with Crippen molar-refractivity contribution in [3.05, 3.63) is 67.9 Å². The van der Waals surface area contributed by atoms with Crippen LogP contribution in [0.25, 0.3) is 0 Å². The summed E-state index contributed by atoms with van der Waals surface area (Å²) >= 11 is 15.3. The van der Waals surface area contributed by atoms with Crippen LogP contribution in [0.1, 0.15) is 17.2 Å². The Morgan fingerprint density at radius 3 is 2.65 bits per heavy atom. The van der Waals surface area contributed by atoms with E-state index in [0.717, 1.165) is 10.0 Å². The van der Waals surface area contributed by atoms with E-state index in [1.165, 1.54) is 6.07 Å². The van der Waals surface area contributed by atoms with Gasteiger partial charge in [0.2, 0.25) is 0 Å². The summed E-state index contributed by atoms with van der Waals surface area (Å²) in [6.45, 7) is 0. The van der Waals surface area contributed by atoms with E-state index < -0.39 is 5.82 Å². The highest BCUT2D eigenvalue weighted by molar-refractivity contribution is 9.10. The van der Waals surface area contributed by atoms with Crippen LogP contribution in [0.4, 0.5) is 4.39 Å². The third-order valence-electron chi connectivity index (χ3n) is 3.00. The smallest absolute Gasteiger partial charge is 0.142 e. The first kappa shape index (κ1) is 15.7. The molecule has 2 nitrogen and oxygen atoms in total. The van der Waals surface area contributed by atoms with Crippen molar-refractivity contribution >= 4 is 39.1 Å². The summed E-state index contributed by atoms with van der Waals surface area (Å²) in [6.07, 6.45) is 0.473. The number of benzene rings is 2. The standard InChI is InChI=1S/C14H12BrCl2FN2/c15-10-6-8(4-5-11(10)16)13(20-19)7-9-2-1-3-12(18)14(9)17/h1-6,13,20H,7,19H2. The van der Waals surface area contributed by atoms with Crippen molar-refractivity contribution in [3.8, 4) is 0 Å². The Balaban J connectivity index is 2.28. The number of hydrazine groups is 1. The molecule has 0 aliphatic heterocycles. The first-order valence-corrected chi connectivity index (χ1v) is 7.41. The molecule has 1 unspecified atom stereocenters. The third kappa shape index (κ3) is 3.51. The van der Waals surface area contributed by atoms with Crippen molar-refractivity contribution < 1.29 is 4.39 Å². The van der Waals surface area contributed by atoms with Crippen LogP contribution in [0.3, 0.4) is 0 Å². The van der Waals surface area contributed by atoms with Crippen molar-refractivity contribution in [2.75, 3.05) is 0 Å². The van der Waals surface area contributed by atoms with Gasteiger partial charge in [-0.3, -0.25) is 11.3 Å². The van der Waals surface area contributed by atoms with E-state index in [2.05, 4.69) is 21.4 Å². The summed E-state index contributed by atoms with van der Waals surface area (Å²) in [7, 11) is 0. The Morgan fingerprint density at radius 2 is 2.00 bits per heavy atom. The molecule has 2 aromatic rings. The molecule has 0 saturated heterocycles. The van der Waals surface area contributed by atoms with E-state index in [0.29, 0.717) is 17.0 Å². The second kappa shape index (κ2) is 6.87. The van der Waals surface area contributed by atoms with E-state index in [4.69, 9.17) is 29.0 Å². The van der Waals surface area contributed by atoms with Gasteiger partial charge >= 0.3 is 0 Å². The van der Waals surface area contributed by atoms with E-state index in [1.807, 2.05) is 12.1 Å². The second-order valence-corrected chi connectivity index (χ2v) is 5.95. The lowest BCUT2D eigenvalue weighted by Crippen LogP contribution is -2.29. The summed E-state index contributed by atoms with van der Waals surface area (Å²) in [5, 5.41) is 0.745. The second-order valence-electron chi connectivity index (χ2n) is 4.31. The fourth-order valence-electron chi connectivity index (χ4n) is 1.93. The number of nitrogens with two attached hydrogens (primary N) is 1. The molecule has 0 fully saturated rings. The normalized spacial score (nSPS) is 12.4. The lowest BCUT2D eigenvalue weighted by atomic mass is 9.99. The Labute approximate surface area is 135 Å². The number of hydrogen-bond acceptors (Lipinski definition) is 2. The van der Waals surface area contributed by atoms with Crippen molar-refractivity contribution in [3.63, 3.8) is 0 Å². The monoisotopic (exact) mass is 376 g/mol. The fraction of sp³-hybridized carbons (Fsp3) is 0.143. The van der Waals surface area contributed by atoms with Crippen LogP contribution < -0.4 is 11.3 Å². The van der Waals surface area contributed by atoms with Gasteiger partial charge in [-0.05, 0) is 51.7 Å². The van der Waals surface area contributed by atoms with Crippen molar-refractivity contribution in [2.45, 2.75) is 12.5 Å². The van der Waals surface area contributed by atoms with E-state index >= 15 is 0 Å². The molecule has 106 valence electrons. The zero-order chi connectivity index (χ0) is 14.7. The Kier molecular flexibility index (Phi) is 5.41. The summed E-state index contributed by atoms with van der Waals surface area (Å²) < 4.78 is 14.2. The Bertz CT molecular complexity index is 622. The van der Waals surface area contributed by atoms with Gasteiger partial charge in [-0.1, -0.05) is 41.4 Å². The molecule has 0 saturated carbocycles. The van der Waals surface area contributed by atoms with E-state index in [1.54, 1.807) is 18.2 Å². The summed E-state index contributed by atoms with van der Waals surface area (Å²) in [5.41, 5.74) is 4.34. The summed E-state index contributed by atoms with van der Waals surface area (Å²) in [6, 6.07) is 10.1. The Hall–Kier alpha value is -0.650. The molecule has 0 radical (unpaired) electrons. The largest absolute Gasteiger partial charge is 0.271 e. The number of hydrogen-bond donors (Lipinski definition) is 2. The lowest BCUT2D eigenvalue weighted by molar-refractivity contribution is 0.548. The molecular formula is C14H12BrCl2FN2. The van der Waals surface area contributed by atoms with Crippen LogP contribution in [0.2, 0.25) is 10.0 Å². The van der Waals surface area contributed by atoms with Gasteiger partial charge in [-0.25, -0.2) is 4.39 Å². The number of rotatable bonds is 4. The molecule has 1 atom stereocenters. The molecule has 0 heterocycles. The average Bonchev–Trinajstić information content (AvgIpc) is 2.44. The van der Waals surface area contributed by atoms with Crippen molar-refractivity contribution in [1.29, 1.82) is 0 Å². The molecule has 0 aliphatic rings. The van der Waals surface area contributed by atoms with Gasteiger partial charge in [0.05, 0.1) is 16.1 Å². The fourth-order valence-corrected chi connectivity index (χ4v) is 2.65. The van der Waals surface area contributed by atoms with Crippen LogP contribution in [0, 0.1) is 5.82 Å². The van der Waals surface area contributed by atoms with Crippen LogP contribution in [0.15, 0.2) is 40.9 Å². The molecule has 2 aromatic carbocycles. The summed E-state index contributed by atoms with van der Waals surface area (Å²) in [4.78, 5) is 0. The maximum absolute atomic E-state index is 13.4. The molecule has 6 heteroatoms. The van der Waals surface area contributed by atoms with Gasteiger partial charge in [-0.2, -0.15) is 0 Å². The highest BCUT2D eigenvalue weighted by Gasteiger charge is 2.15. The minimum atomic E-state index is -0.433. The van der Waals surface area contributed by atoms with Gasteiger partial charge in [0.25, 0.3) is 0 Å². The van der Waals surface area contributed by atoms with Crippen molar-refractivity contribution in [1.82, 2.24) is 5.43 Å². The quantitative estimate of drug-likeness (QED) is 0.601. The molecule has 0 aliphatic carbocycles. The third-order valence-corrected chi connectivity index (χ3v) is 4.64. The highest BCUT2D eigenvalue weighted by atomic mass is 79.9. The minimum Gasteiger partial charge on any atom is -0.271 e. The number of halogens is 4. The van der Waals surface area contributed by atoms with E-state index in [-0.39, 0.29) is 11.1 Å². The lowest BCUT2D eigenvalue weighted by Gasteiger charge is -2.18. The molecule has 2 rings (SSSR count). The average molecular weight is 378 g/mol. The first-order valence-electron chi connectivity index (χ1n) is 5.87.